The number of anilines is 2. The number of carbonyl (C=O) groups is 2. The zero-order valence-electron chi connectivity index (χ0n) is 19.8. The second kappa shape index (κ2) is 10.3. The van der Waals surface area contributed by atoms with Crippen LogP contribution in [0.2, 0.25) is 0 Å². The Balaban J connectivity index is 1.50. The molecule has 1 saturated heterocycles. The third kappa shape index (κ3) is 5.89. The number of para-hydroxylation sites is 1. The van der Waals surface area contributed by atoms with Gasteiger partial charge in [0.15, 0.2) is 0 Å². The molecule has 0 unspecified atom stereocenters. The largest absolute Gasteiger partial charge is 0.338 e. The Bertz CT molecular complexity index is 1320. The Morgan fingerprint density at radius 2 is 1.63 bits per heavy atom. The van der Waals surface area contributed by atoms with Crippen LogP contribution in [0.25, 0.3) is 0 Å². The maximum absolute atomic E-state index is 13.4. The van der Waals surface area contributed by atoms with Gasteiger partial charge in [-0.3, -0.25) is 14.3 Å². The zero-order valence-corrected chi connectivity index (χ0v) is 20.6. The van der Waals surface area contributed by atoms with Crippen LogP contribution in [0.4, 0.5) is 11.4 Å². The summed E-state index contributed by atoms with van der Waals surface area (Å²) in [5.74, 6) is -0.723. The number of rotatable bonds is 6. The highest BCUT2D eigenvalue weighted by Crippen LogP contribution is 2.24. The molecule has 4 rings (SSSR count). The lowest BCUT2D eigenvalue weighted by Crippen LogP contribution is -2.44. The fourth-order valence-electron chi connectivity index (χ4n) is 4.15. The number of likely N-dealkylation sites (tertiary alicyclic amines) is 1. The van der Waals surface area contributed by atoms with E-state index in [4.69, 9.17) is 0 Å². The van der Waals surface area contributed by atoms with Crippen molar-refractivity contribution >= 4 is 33.2 Å². The van der Waals surface area contributed by atoms with Crippen molar-refractivity contribution in [2.45, 2.75) is 31.6 Å². The van der Waals surface area contributed by atoms with Crippen molar-refractivity contribution in [2.75, 3.05) is 23.1 Å². The van der Waals surface area contributed by atoms with Crippen LogP contribution < -0.4 is 10.0 Å². The van der Waals surface area contributed by atoms with Gasteiger partial charge >= 0.3 is 0 Å². The van der Waals surface area contributed by atoms with Gasteiger partial charge in [0.2, 0.25) is 5.91 Å². The van der Waals surface area contributed by atoms with Crippen LogP contribution in [0.5, 0.6) is 0 Å². The smallest absolute Gasteiger partial charge is 0.261 e. The Labute approximate surface area is 206 Å². The quantitative estimate of drug-likeness (QED) is 0.527. The van der Waals surface area contributed by atoms with E-state index in [-0.39, 0.29) is 29.2 Å². The van der Waals surface area contributed by atoms with Gasteiger partial charge in [0.05, 0.1) is 10.8 Å². The van der Waals surface area contributed by atoms with Gasteiger partial charge in [-0.05, 0) is 68.7 Å². The number of nitrogens with one attached hydrogen (secondary N) is 2. The van der Waals surface area contributed by atoms with E-state index in [2.05, 4.69) is 10.0 Å². The predicted octanol–water partition coefficient (Wildman–Crippen LogP) is 4.60. The SMILES string of the molecule is Cc1ccc(NS(=O)(=O)c2ccc(C)c(C(=O)N3CCC[C@@H](C(=O)Nc4ccccc4)C3)c2)cc1. The van der Waals surface area contributed by atoms with Crippen LogP contribution in [0, 0.1) is 19.8 Å². The van der Waals surface area contributed by atoms with Crippen LogP contribution in [0.1, 0.15) is 34.3 Å². The average molecular weight is 492 g/mol. The Kier molecular flexibility index (Phi) is 7.21. The fourth-order valence-corrected chi connectivity index (χ4v) is 5.23. The van der Waals surface area contributed by atoms with Crippen molar-refractivity contribution in [3.05, 3.63) is 89.5 Å². The molecule has 0 radical (unpaired) electrons. The predicted molar refractivity (Wildman–Crippen MR) is 137 cm³/mol. The summed E-state index contributed by atoms with van der Waals surface area (Å²) in [6.45, 7) is 4.51. The first-order valence-electron chi connectivity index (χ1n) is 11.6. The number of nitrogens with zero attached hydrogens (tertiary/aromatic N) is 1. The molecule has 7 nitrogen and oxygen atoms in total. The summed E-state index contributed by atoms with van der Waals surface area (Å²) >= 11 is 0. The van der Waals surface area contributed by atoms with E-state index in [1.807, 2.05) is 49.4 Å². The molecule has 1 heterocycles. The summed E-state index contributed by atoms with van der Waals surface area (Å²) in [4.78, 5) is 27.8. The lowest BCUT2D eigenvalue weighted by molar-refractivity contribution is -0.121. The van der Waals surface area contributed by atoms with Crippen LogP contribution in [-0.4, -0.2) is 38.2 Å². The van der Waals surface area contributed by atoms with Crippen LogP contribution in [0.3, 0.4) is 0 Å². The minimum Gasteiger partial charge on any atom is -0.338 e. The molecular weight excluding hydrogens is 462 g/mol. The number of amides is 2. The van der Waals surface area contributed by atoms with Gasteiger partial charge in [0.25, 0.3) is 15.9 Å². The molecule has 3 aromatic carbocycles. The molecule has 0 aromatic heterocycles. The standard InChI is InChI=1S/C27H29N3O4S/c1-19-10-13-23(14-11-19)29-35(33,34)24-15-12-20(2)25(17-24)27(32)30-16-6-7-21(18-30)26(31)28-22-8-4-3-5-9-22/h3-5,8-15,17,21,29H,6-7,16,18H2,1-2H3,(H,28,31)/t21-/m1/s1. The first kappa shape index (κ1) is 24.5. The molecule has 1 atom stereocenters. The van der Waals surface area contributed by atoms with Gasteiger partial charge in [-0.15, -0.1) is 0 Å². The molecule has 8 heteroatoms. The number of hydrogen-bond acceptors (Lipinski definition) is 4. The summed E-state index contributed by atoms with van der Waals surface area (Å²) in [7, 11) is -3.87. The Morgan fingerprint density at radius 1 is 0.914 bits per heavy atom. The minimum absolute atomic E-state index is 0.0161. The number of hydrogen-bond donors (Lipinski definition) is 2. The monoisotopic (exact) mass is 491 g/mol. The van der Waals surface area contributed by atoms with Gasteiger partial charge in [-0.2, -0.15) is 0 Å². The normalized spacial score (nSPS) is 15.9. The van der Waals surface area contributed by atoms with Crippen molar-refractivity contribution in [3.8, 4) is 0 Å². The van der Waals surface area contributed by atoms with E-state index in [1.54, 1.807) is 30.0 Å². The lowest BCUT2D eigenvalue weighted by Gasteiger charge is -2.32. The molecule has 3 aromatic rings. The van der Waals surface area contributed by atoms with Gasteiger partial charge in [0.1, 0.15) is 0 Å². The van der Waals surface area contributed by atoms with Gasteiger partial charge in [-0.1, -0.05) is 42.0 Å². The highest BCUT2D eigenvalue weighted by Gasteiger charge is 2.30. The fraction of sp³-hybridized carbons (Fsp3) is 0.259. The number of aryl methyl sites for hydroxylation is 2. The second-order valence-corrected chi connectivity index (χ2v) is 10.6. The summed E-state index contributed by atoms with van der Waals surface area (Å²) < 4.78 is 28.5. The molecule has 2 N–H and O–H groups in total. The average Bonchev–Trinajstić information content (AvgIpc) is 2.86. The summed E-state index contributed by atoms with van der Waals surface area (Å²) in [6.07, 6.45) is 1.39. The highest BCUT2D eigenvalue weighted by molar-refractivity contribution is 7.92. The molecule has 0 spiro atoms. The maximum atomic E-state index is 13.4. The van der Waals surface area contributed by atoms with E-state index in [0.717, 1.165) is 11.3 Å². The van der Waals surface area contributed by atoms with Crippen molar-refractivity contribution in [1.82, 2.24) is 4.90 Å². The molecule has 1 aliphatic rings. The van der Waals surface area contributed by atoms with Crippen molar-refractivity contribution in [3.63, 3.8) is 0 Å². The van der Waals surface area contributed by atoms with Crippen LogP contribution in [0.15, 0.2) is 77.7 Å². The van der Waals surface area contributed by atoms with Gasteiger partial charge in [0, 0.05) is 30.0 Å². The van der Waals surface area contributed by atoms with Gasteiger partial charge < -0.3 is 10.2 Å². The molecule has 0 bridgehead atoms. The number of benzene rings is 3. The molecule has 0 aliphatic carbocycles. The van der Waals surface area contributed by atoms with E-state index in [0.29, 0.717) is 36.2 Å². The minimum atomic E-state index is -3.87. The van der Waals surface area contributed by atoms with Crippen LogP contribution >= 0.6 is 0 Å². The van der Waals surface area contributed by atoms with E-state index in [1.165, 1.54) is 12.1 Å². The highest BCUT2D eigenvalue weighted by atomic mass is 32.2. The molecule has 1 aliphatic heterocycles. The number of carbonyl (C=O) groups excluding carboxylic acids is 2. The number of piperidine rings is 1. The van der Waals surface area contributed by atoms with Crippen molar-refractivity contribution in [1.29, 1.82) is 0 Å². The molecular formula is C27H29N3O4S. The topological polar surface area (TPSA) is 95.6 Å². The molecule has 2 amide bonds. The van der Waals surface area contributed by atoms with Crippen LogP contribution in [-0.2, 0) is 14.8 Å². The second-order valence-electron chi connectivity index (χ2n) is 8.89. The molecule has 182 valence electrons. The maximum Gasteiger partial charge on any atom is 0.261 e. The van der Waals surface area contributed by atoms with E-state index < -0.39 is 10.0 Å². The number of sulfonamides is 1. The van der Waals surface area contributed by atoms with E-state index >= 15 is 0 Å². The summed E-state index contributed by atoms with van der Waals surface area (Å²) in [5, 5.41) is 2.91. The third-order valence-corrected chi connectivity index (χ3v) is 7.55. The zero-order chi connectivity index (χ0) is 25.0. The van der Waals surface area contributed by atoms with Crippen molar-refractivity contribution in [2.24, 2.45) is 5.92 Å². The summed E-state index contributed by atoms with van der Waals surface area (Å²) in [6, 6.07) is 20.8. The Morgan fingerprint density at radius 3 is 2.34 bits per heavy atom. The van der Waals surface area contributed by atoms with Gasteiger partial charge in [-0.25, -0.2) is 8.42 Å². The molecule has 1 fully saturated rings. The van der Waals surface area contributed by atoms with Crippen molar-refractivity contribution < 1.29 is 18.0 Å². The lowest BCUT2D eigenvalue weighted by atomic mass is 9.96. The Hall–Kier alpha value is -3.65. The molecule has 35 heavy (non-hydrogen) atoms. The third-order valence-electron chi connectivity index (χ3n) is 6.17. The van der Waals surface area contributed by atoms with E-state index in [9.17, 15) is 18.0 Å². The summed E-state index contributed by atoms with van der Waals surface area (Å²) in [5.41, 5.74) is 3.19. The first-order valence-corrected chi connectivity index (χ1v) is 13.1. The first-order chi connectivity index (χ1) is 16.7. The molecule has 0 saturated carbocycles.